The van der Waals surface area contributed by atoms with Gasteiger partial charge in [0.2, 0.25) is 5.91 Å². The van der Waals surface area contributed by atoms with Gasteiger partial charge in [-0.1, -0.05) is 0 Å². The highest BCUT2D eigenvalue weighted by Gasteiger charge is 2.49. The van der Waals surface area contributed by atoms with E-state index in [1.807, 2.05) is 13.8 Å². The van der Waals surface area contributed by atoms with Crippen molar-refractivity contribution < 1.29 is 19.1 Å². The van der Waals surface area contributed by atoms with Gasteiger partial charge in [0.05, 0.1) is 6.61 Å². The molecule has 0 bridgehead atoms. The summed E-state index contributed by atoms with van der Waals surface area (Å²) in [5.41, 5.74) is -1.09. The van der Waals surface area contributed by atoms with Crippen LogP contribution in [0.5, 0.6) is 0 Å². The molecule has 0 saturated carbocycles. The van der Waals surface area contributed by atoms with Crippen molar-refractivity contribution in [1.82, 2.24) is 15.1 Å². The number of ether oxygens (including phenoxy) is 1. The number of hydrogen-bond donors (Lipinski definition) is 1. The summed E-state index contributed by atoms with van der Waals surface area (Å²) in [5, 5.41) is 2.60. The van der Waals surface area contributed by atoms with Crippen molar-refractivity contribution in [1.29, 1.82) is 0 Å². The average molecular weight is 311 g/mol. The van der Waals surface area contributed by atoms with Gasteiger partial charge in [-0.05, 0) is 40.0 Å². The molecule has 2 aliphatic rings. The van der Waals surface area contributed by atoms with E-state index in [4.69, 9.17) is 4.74 Å². The number of carbonyl (C=O) groups excluding carboxylic acids is 3. The Morgan fingerprint density at radius 2 is 1.91 bits per heavy atom. The van der Waals surface area contributed by atoms with Crippen LogP contribution in [0.25, 0.3) is 0 Å². The summed E-state index contributed by atoms with van der Waals surface area (Å²) in [4.78, 5) is 39.8. The zero-order valence-corrected chi connectivity index (χ0v) is 13.7. The van der Waals surface area contributed by atoms with Gasteiger partial charge in [0.25, 0.3) is 5.91 Å². The molecule has 2 rings (SSSR count). The van der Waals surface area contributed by atoms with Crippen LogP contribution in [-0.2, 0) is 14.3 Å². The molecular formula is C15H25N3O4. The summed E-state index contributed by atoms with van der Waals surface area (Å²) < 4.78 is 4.99. The Balaban J connectivity index is 2.08. The molecule has 22 heavy (non-hydrogen) atoms. The zero-order chi connectivity index (χ0) is 16.5. The highest BCUT2D eigenvalue weighted by molar-refractivity contribution is 6.08. The van der Waals surface area contributed by atoms with Crippen LogP contribution in [0.2, 0.25) is 0 Å². The summed E-state index contributed by atoms with van der Waals surface area (Å²) >= 11 is 0. The van der Waals surface area contributed by atoms with Gasteiger partial charge in [-0.2, -0.15) is 0 Å². The van der Waals surface area contributed by atoms with E-state index in [1.54, 1.807) is 11.8 Å². The second-order valence-corrected chi connectivity index (χ2v) is 6.52. The van der Waals surface area contributed by atoms with Gasteiger partial charge in [-0.25, -0.2) is 4.79 Å². The van der Waals surface area contributed by atoms with Crippen LogP contribution >= 0.6 is 0 Å². The molecule has 0 radical (unpaired) electrons. The van der Waals surface area contributed by atoms with Gasteiger partial charge in [-0.3, -0.25) is 14.5 Å². The van der Waals surface area contributed by atoms with Crippen LogP contribution in [0, 0.1) is 0 Å². The lowest BCUT2D eigenvalue weighted by Gasteiger charge is -2.39. The molecule has 7 heteroatoms. The Bertz CT molecular complexity index is 471. The third-order valence-corrected chi connectivity index (χ3v) is 4.55. The Morgan fingerprint density at radius 1 is 1.32 bits per heavy atom. The second-order valence-electron chi connectivity index (χ2n) is 6.52. The van der Waals surface area contributed by atoms with Gasteiger partial charge in [-0.15, -0.1) is 0 Å². The van der Waals surface area contributed by atoms with Crippen molar-refractivity contribution in [3.8, 4) is 0 Å². The summed E-state index contributed by atoms with van der Waals surface area (Å²) in [6.07, 6.45) is 3.01. The minimum absolute atomic E-state index is 0.0821. The smallest absolute Gasteiger partial charge is 0.325 e. The highest BCUT2D eigenvalue weighted by Crippen LogP contribution is 2.24. The number of nitrogens with zero attached hydrogens (tertiary/aromatic N) is 2. The number of amides is 4. The largest absolute Gasteiger partial charge is 0.382 e. The highest BCUT2D eigenvalue weighted by atomic mass is 16.5. The number of carbonyl (C=O) groups is 3. The molecule has 7 nitrogen and oxygen atoms in total. The third-order valence-electron chi connectivity index (χ3n) is 4.55. The van der Waals surface area contributed by atoms with Crippen LogP contribution in [-0.4, -0.2) is 65.5 Å². The Kier molecular flexibility index (Phi) is 4.75. The van der Waals surface area contributed by atoms with Crippen molar-refractivity contribution in [3.05, 3.63) is 0 Å². The minimum Gasteiger partial charge on any atom is -0.382 e. The summed E-state index contributed by atoms with van der Waals surface area (Å²) in [7, 11) is 1.47. The molecule has 0 aliphatic carbocycles. The van der Waals surface area contributed by atoms with Crippen LogP contribution in [0.1, 0.15) is 40.0 Å². The number of hydrogen-bond acceptors (Lipinski definition) is 4. The Hall–Kier alpha value is -1.63. The fourth-order valence-electron chi connectivity index (χ4n) is 3.41. The first kappa shape index (κ1) is 16.7. The predicted molar refractivity (Wildman–Crippen MR) is 80.1 cm³/mol. The van der Waals surface area contributed by atoms with Crippen molar-refractivity contribution in [2.75, 3.05) is 20.3 Å². The van der Waals surface area contributed by atoms with Crippen molar-refractivity contribution in [3.63, 3.8) is 0 Å². The molecule has 4 amide bonds. The maximum Gasteiger partial charge on any atom is 0.325 e. The molecule has 0 spiro atoms. The van der Waals surface area contributed by atoms with Gasteiger partial charge in [0, 0.05) is 19.2 Å². The fraction of sp³-hybridized carbons (Fsp3) is 0.800. The van der Waals surface area contributed by atoms with Gasteiger partial charge in [0.1, 0.15) is 12.1 Å². The van der Waals surface area contributed by atoms with E-state index in [-0.39, 0.29) is 31.1 Å². The van der Waals surface area contributed by atoms with E-state index in [9.17, 15) is 14.4 Å². The van der Waals surface area contributed by atoms with Crippen LogP contribution in [0.3, 0.4) is 0 Å². The quantitative estimate of drug-likeness (QED) is 0.777. The molecular weight excluding hydrogens is 286 g/mol. The first-order chi connectivity index (χ1) is 10.3. The first-order valence-electron chi connectivity index (χ1n) is 7.74. The number of likely N-dealkylation sites (tertiary alicyclic amines) is 1. The van der Waals surface area contributed by atoms with Gasteiger partial charge < -0.3 is 15.0 Å². The number of urea groups is 1. The van der Waals surface area contributed by atoms with E-state index < -0.39 is 17.5 Å². The zero-order valence-electron chi connectivity index (χ0n) is 13.7. The first-order valence-corrected chi connectivity index (χ1v) is 7.74. The maximum atomic E-state index is 12.6. The lowest BCUT2D eigenvalue weighted by Crippen LogP contribution is -2.52. The molecule has 0 aromatic rings. The van der Waals surface area contributed by atoms with E-state index in [1.165, 1.54) is 7.11 Å². The van der Waals surface area contributed by atoms with E-state index in [2.05, 4.69) is 5.32 Å². The lowest BCUT2D eigenvalue weighted by atomic mass is 9.97. The minimum atomic E-state index is -1.09. The van der Waals surface area contributed by atoms with E-state index in [0.29, 0.717) is 0 Å². The summed E-state index contributed by atoms with van der Waals surface area (Å²) in [5.74, 6) is -0.588. The molecule has 2 aliphatic heterocycles. The maximum absolute atomic E-state index is 12.6. The number of methoxy groups -OCH3 is 1. The summed E-state index contributed by atoms with van der Waals surface area (Å²) in [6, 6.07) is -0.250. The molecule has 0 unspecified atom stereocenters. The molecule has 2 heterocycles. The van der Waals surface area contributed by atoms with Crippen LogP contribution in [0.15, 0.2) is 0 Å². The van der Waals surface area contributed by atoms with Crippen LogP contribution in [0.4, 0.5) is 4.79 Å². The van der Waals surface area contributed by atoms with Gasteiger partial charge >= 0.3 is 6.03 Å². The van der Waals surface area contributed by atoms with E-state index >= 15 is 0 Å². The molecule has 1 N–H and O–H groups in total. The molecule has 2 fully saturated rings. The fourth-order valence-corrected chi connectivity index (χ4v) is 3.41. The average Bonchev–Trinajstić information content (AvgIpc) is 2.62. The summed E-state index contributed by atoms with van der Waals surface area (Å²) in [6.45, 7) is 5.49. The normalized spacial score (nSPS) is 32.4. The Morgan fingerprint density at radius 3 is 2.45 bits per heavy atom. The molecule has 0 aromatic carbocycles. The monoisotopic (exact) mass is 311 g/mol. The third kappa shape index (κ3) is 2.95. The molecule has 124 valence electrons. The Labute approximate surface area is 131 Å². The number of rotatable bonds is 4. The SMILES string of the molecule is COC[C@]1(C)NC(=O)N(CC(=O)N2[C@H](C)CCC[C@@H]2C)C1=O. The van der Waals surface area contributed by atoms with Gasteiger partial charge in [0.15, 0.2) is 0 Å². The number of imide groups is 1. The lowest BCUT2D eigenvalue weighted by molar-refractivity contribution is -0.143. The number of nitrogens with one attached hydrogen (secondary N) is 1. The van der Waals surface area contributed by atoms with Crippen molar-refractivity contribution in [2.24, 2.45) is 0 Å². The predicted octanol–water partition coefficient (Wildman–Crippen LogP) is 0.733. The molecule has 3 atom stereocenters. The van der Waals surface area contributed by atoms with Crippen molar-refractivity contribution >= 4 is 17.8 Å². The van der Waals surface area contributed by atoms with Crippen molar-refractivity contribution in [2.45, 2.75) is 57.7 Å². The molecule has 2 saturated heterocycles. The standard InChI is InChI=1S/C15H25N3O4/c1-10-6-5-7-11(2)18(10)12(19)8-17-13(20)15(3,9-22-4)16-14(17)21/h10-11H,5-9H2,1-4H3,(H,16,21)/t10-,11+,15-/m0/s1. The number of piperidine rings is 1. The molecule has 0 aromatic heterocycles. The topological polar surface area (TPSA) is 79.0 Å². The second kappa shape index (κ2) is 6.24. The van der Waals surface area contributed by atoms with Crippen LogP contribution < -0.4 is 5.32 Å². The van der Waals surface area contributed by atoms with E-state index in [0.717, 1.165) is 24.2 Å².